The Kier molecular flexibility index (Phi) is 5.42. The summed E-state index contributed by atoms with van der Waals surface area (Å²) in [5.74, 6) is 0.667. The number of imidazole rings is 1. The maximum absolute atomic E-state index is 11.1. The number of nitrogens with one attached hydrogen (secondary N) is 2. The van der Waals surface area contributed by atoms with Crippen molar-refractivity contribution in [2.45, 2.75) is 46.1 Å². The van der Waals surface area contributed by atoms with Gasteiger partial charge in [0.1, 0.15) is 5.82 Å². The van der Waals surface area contributed by atoms with E-state index < -0.39 is 6.09 Å². The van der Waals surface area contributed by atoms with Crippen LogP contribution in [-0.4, -0.2) is 21.2 Å². The number of amides is 1. The van der Waals surface area contributed by atoms with E-state index in [0.29, 0.717) is 5.82 Å². The van der Waals surface area contributed by atoms with Crippen LogP contribution in [0.2, 0.25) is 0 Å². The van der Waals surface area contributed by atoms with Gasteiger partial charge >= 0.3 is 6.09 Å². The number of hydrogen-bond acceptors (Lipinski definition) is 2. The van der Waals surface area contributed by atoms with Gasteiger partial charge in [0, 0.05) is 11.8 Å². The molecule has 3 N–H and O–H groups in total. The van der Waals surface area contributed by atoms with E-state index in [4.69, 9.17) is 5.11 Å². The molecule has 0 spiro atoms. The standard InChI is InChI=1S/C18H25N3O2/c1-18(2,3)11-7-10-14(21-17(22)23)16-19-12-15(20-16)13-8-5-4-6-9-13/h4-6,8-9,12,14,21H,7,10-11H2,1-3H3,(H,19,20)(H,22,23)/t14-/m1/s1. The predicted octanol–water partition coefficient (Wildman–Crippen LogP) is 4.60. The van der Waals surface area contributed by atoms with Crippen LogP contribution in [0.3, 0.4) is 0 Å². The minimum absolute atomic E-state index is 0.242. The van der Waals surface area contributed by atoms with Crippen molar-refractivity contribution in [3.05, 3.63) is 42.4 Å². The zero-order valence-corrected chi connectivity index (χ0v) is 14.0. The van der Waals surface area contributed by atoms with E-state index in [1.165, 1.54) is 0 Å². The van der Waals surface area contributed by atoms with E-state index in [1.54, 1.807) is 0 Å². The van der Waals surface area contributed by atoms with Gasteiger partial charge in [-0.25, -0.2) is 9.78 Å². The van der Waals surface area contributed by atoms with Crippen molar-refractivity contribution in [2.75, 3.05) is 0 Å². The van der Waals surface area contributed by atoms with Crippen LogP contribution >= 0.6 is 0 Å². The van der Waals surface area contributed by atoms with Gasteiger partial charge in [0.15, 0.2) is 0 Å². The molecule has 1 atom stereocenters. The molecule has 1 heterocycles. The summed E-state index contributed by atoms with van der Waals surface area (Å²) in [5, 5.41) is 11.6. The minimum atomic E-state index is -1.02. The molecule has 0 fully saturated rings. The maximum atomic E-state index is 11.1. The lowest BCUT2D eigenvalue weighted by Gasteiger charge is -2.20. The van der Waals surface area contributed by atoms with Gasteiger partial charge < -0.3 is 15.4 Å². The van der Waals surface area contributed by atoms with Crippen LogP contribution in [0.25, 0.3) is 11.3 Å². The Balaban J connectivity index is 2.10. The Hall–Kier alpha value is -2.30. The molecule has 0 radical (unpaired) electrons. The summed E-state index contributed by atoms with van der Waals surface area (Å²) >= 11 is 0. The average molecular weight is 315 g/mol. The number of benzene rings is 1. The van der Waals surface area contributed by atoms with Gasteiger partial charge in [-0.1, -0.05) is 57.5 Å². The van der Waals surface area contributed by atoms with Crippen LogP contribution in [0.15, 0.2) is 36.5 Å². The number of hydrogen-bond donors (Lipinski definition) is 3. The van der Waals surface area contributed by atoms with Crippen LogP contribution in [0, 0.1) is 5.41 Å². The number of carbonyl (C=O) groups is 1. The molecule has 124 valence electrons. The van der Waals surface area contributed by atoms with Crippen molar-refractivity contribution >= 4 is 6.09 Å². The molecule has 0 aliphatic heterocycles. The van der Waals surface area contributed by atoms with Gasteiger partial charge in [-0.2, -0.15) is 0 Å². The molecule has 5 heteroatoms. The second-order valence-corrected chi connectivity index (χ2v) is 6.99. The molecule has 0 aliphatic carbocycles. The summed E-state index contributed by atoms with van der Waals surface area (Å²) in [4.78, 5) is 18.8. The number of carboxylic acid groups (broad SMARTS) is 1. The third-order valence-electron chi connectivity index (χ3n) is 3.71. The molecule has 0 saturated carbocycles. The van der Waals surface area contributed by atoms with Gasteiger partial charge in [0.25, 0.3) is 0 Å². The first kappa shape index (κ1) is 17.1. The van der Waals surface area contributed by atoms with Gasteiger partial charge in [0.05, 0.1) is 11.7 Å². The first-order valence-electron chi connectivity index (χ1n) is 7.95. The Morgan fingerprint density at radius 1 is 1.30 bits per heavy atom. The fourth-order valence-corrected chi connectivity index (χ4v) is 2.53. The third-order valence-corrected chi connectivity index (χ3v) is 3.71. The van der Waals surface area contributed by atoms with E-state index in [-0.39, 0.29) is 11.5 Å². The van der Waals surface area contributed by atoms with Crippen LogP contribution < -0.4 is 5.32 Å². The van der Waals surface area contributed by atoms with E-state index in [9.17, 15) is 4.79 Å². The lowest BCUT2D eigenvalue weighted by Crippen LogP contribution is -2.27. The fraction of sp³-hybridized carbons (Fsp3) is 0.444. The third kappa shape index (κ3) is 5.43. The van der Waals surface area contributed by atoms with Gasteiger partial charge in [-0.15, -0.1) is 0 Å². The van der Waals surface area contributed by atoms with E-state index in [0.717, 1.165) is 30.5 Å². The van der Waals surface area contributed by atoms with Crippen LogP contribution in [0.1, 0.15) is 51.9 Å². The number of aromatic nitrogens is 2. The highest BCUT2D eigenvalue weighted by Crippen LogP contribution is 2.26. The quantitative estimate of drug-likeness (QED) is 0.729. The summed E-state index contributed by atoms with van der Waals surface area (Å²) < 4.78 is 0. The van der Waals surface area contributed by atoms with Crippen LogP contribution in [-0.2, 0) is 0 Å². The SMILES string of the molecule is CC(C)(C)CCC[C@@H](NC(=O)O)c1nc(-c2ccccc2)c[nH]1. The van der Waals surface area contributed by atoms with Crippen LogP contribution in [0.5, 0.6) is 0 Å². The Morgan fingerprint density at radius 3 is 2.61 bits per heavy atom. The summed E-state index contributed by atoms with van der Waals surface area (Å²) in [5.41, 5.74) is 2.08. The van der Waals surface area contributed by atoms with E-state index >= 15 is 0 Å². The van der Waals surface area contributed by atoms with Gasteiger partial charge in [-0.3, -0.25) is 0 Å². The number of aromatic amines is 1. The predicted molar refractivity (Wildman–Crippen MR) is 91.2 cm³/mol. The van der Waals surface area contributed by atoms with Gasteiger partial charge in [0.2, 0.25) is 0 Å². The van der Waals surface area contributed by atoms with Crippen LogP contribution in [0.4, 0.5) is 4.79 Å². The second kappa shape index (κ2) is 7.31. The summed E-state index contributed by atoms with van der Waals surface area (Å²) in [7, 11) is 0. The van der Waals surface area contributed by atoms with Crippen molar-refractivity contribution in [3.63, 3.8) is 0 Å². The highest BCUT2D eigenvalue weighted by molar-refractivity contribution is 5.65. The van der Waals surface area contributed by atoms with Crippen molar-refractivity contribution in [2.24, 2.45) is 5.41 Å². The molecule has 1 aromatic carbocycles. The molecular weight excluding hydrogens is 290 g/mol. The average Bonchev–Trinajstić information content (AvgIpc) is 2.95. The normalized spacial score (nSPS) is 12.8. The molecule has 5 nitrogen and oxygen atoms in total. The second-order valence-electron chi connectivity index (χ2n) is 6.99. The summed E-state index contributed by atoms with van der Waals surface area (Å²) in [6.07, 6.45) is 3.51. The first-order valence-corrected chi connectivity index (χ1v) is 7.95. The Bertz CT molecular complexity index is 629. The molecule has 0 unspecified atom stereocenters. The van der Waals surface area contributed by atoms with Crippen molar-refractivity contribution in [3.8, 4) is 11.3 Å². The molecule has 23 heavy (non-hydrogen) atoms. The molecule has 2 aromatic rings. The number of H-pyrrole nitrogens is 1. The molecule has 0 aliphatic rings. The molecule has 1 aromatic heterocycles. The zero-order chi connectivity index (χ0) is 16.9. The summed E-state index contributed by atoms with van der Waals surface area (Å²) in [6.45, 7) is 6.56. The lowest BCUT2D eigenvalue weighted by atomic mass is 9.89. The zero-order valence-electron chi connectivity index (χ0n) is 14.0. The highest BCUT2D eigenvalue weighted by atomic mass is 16.4. The monoisotopic (exact) mass is 315 g/mol. The maximum Gasteiger partial charge on any atom is 0.405 e. The first-order chi connectivity index (χ1) is 10.8. The smallest absolute Gasteiger partial charge is 0.405 e. The largest absolute Gasteiger partial charge is 0.465 e. The molecule has 1 amide bonds. The Morgan fingerprint density at radius 2 is 2.00 bits per heavy atom. The minimum Gasteiger partial charge on any atom is -0.465 e. The lowest BCUT2D eigenvalue weighted by molar-refractivity contribution is 0.188. The summed E-state index contributed by atoms with van der Waals surface area (Å²) in [6, 6.07) is 9.53. The van der Waals surface area contributed by atoms with E-state index in [2.05, 4.69) is 36.1 Å². The topological polar surface area (TPSA) is 78.0 Å². The fourth-order valence-electron chi connectivity index (χ4n) is 2.53. The van der Waals surface area contributed by atoms with Crippen molar-refractivity contribution < 1.29 is 9.90 Å². The van der Waals surface area contributed by atoms with Crippen molar-refractivity contribution in [1.29, 1.82) is 0 Å². The molecule has 0 bridgehead atoms. The number of rotatable bonds is 6. The molecule has 0 saturated heterocycles. The molecule has 2 rings (SSSR count). The van der Waals surface area contributed by atoms with Gasteiger partial charge in [-0.05, 0) is 18.3 Å². The highest BCUT2D eigenvalue weighted by Gasteiger charge is 2.19. The molecular formula is C18H25N3O2. The van der Waals surface area contributed by atoms with Crippen molar-refractivity contribution in [1.82, 2.24) is 15.3 Å². The Labute approximate surface area is 137 Å². The number of nitrogens with zero attached hydrogens (tertiary/aromatic N) is 1. The van der Waals surface area contributed by atoms with E-state index in [1.807, 2.05) is 36.5 Å².